The number of hydrogen-bond donors (Lipinski definition) is 1. The van der Waals surface area contributed by atoms with Crippen LogP contribution in [-0.4, -0.2) is 6.04 Å². The van der Waals surface area contributed by atoms with E-state index in [9.17, 15) is 0 Å². The Hall–Kier alpha value is -1.54. The molecule has 0 unspecified atom stereocenters. The van der Waals surface area contributed by atoms with Gasteiger partial charge in [-0.25, -0.2) is 0 Å². The molecular weight excluding hydrogens is 234 g/mol. The molecule has 2 nitrogen and oxygen atoms in total. The minimum Gasteiger partial charge on any atom is -0.467 e. The molecule has 0 bridgehead atoms. The molecule has 0 amide bonds. The van der Waals surface area contributed by atoms with Crippen LogP contribution in [0.5, 0.6) is 0 Å². The van der Waals surface area contributed by atoms with Gasteiger partial charge in [0.05, 0.1) is 12.8 Å². The molecule has 1 N–H and O–H groups in total. The van der Waals surface area contributed by atoms with Crippen LogP contribution in [-0.2, 0) is 13.0 Å². The highest BCUT2D eigenvalue weighted by molar-refractivity contribution is 5.65. The summed E-state index contributed by atoms with van der Waals surface area (Å²) in [7, 11) is 0. The van der Waals surface area contributed by atoms with E-state index in [0.717, 1.165) is 18.7 Å². The van der Waals surface area contributed by atoms with Crippen molar-refractivity contribution in [1.82, 2.24) is 5.32 Å². The number of rotatable bonds is 6. The Kier molecular flexibility index (Phi) is 4.80. The zero-order chi connectivity index (χ0) is 13.7. The monoisotopic (exact) mass is 257 g/mol. The molecule has 2 rings (SSSR count). The topological polar surface area (TPSA) is 25.2 Å². The Morgan fingerprint density at radius 1 is 1.11 bits per heavy atom. The highest BCUT2D eigenvalue weighted by Crippen LogP contribution is 2.25. The highest BCUT2D eigenvalue weighted by atomic mass is 16.3. The summed E-state index contributed by atoms with van der Waals surface area (Å²) >= 11 is 0. The Bertz CT molecular complexity index is 496. The van der Waals surface area contributed by atoms with Crippen LogP contribution in [0.15, 0.2) is 41.0 Å². The van der Waals surface area contributed by atoms with E-state index in [-0.39, 0.29) is 0 Å². The van der Waals surface area contributed by atoms with Gasteiger partial charge in [-0.2, -0.15) is 0 Å². The smallest absolute Gasteiger partial charge is 0.125 e. The second kappa shape index (κ2) is 6.58. The Morgan fingerprint density at radius 2 is 1.84 bits per heavy atom. The van der Waals surface area contributed by atoms with Crippen LogP contribution in [0.1, 0.15) is 38.5 Å². The van der Waals surface area contributed by atoms with Crippen molar-refractivity contribution in [1.29, 1.82) is 0 Å². The van der Waals surface area contributed by atoms with Gasteiger partial charge in [0.15, 0.2) is 0 Å². The van der Waals surface area contributed by atoms with E-state index in [1.165, 1.54) is 23.1 Å². The first-order chi connectivity index (χ1) is 9.20. The van der Waals surface area contributed by atoms with E-state index in [1.54, 1.807) is 6.26 Å². The molecule has 0 saturated carbocycles. The van der Waals surface area contributed by atoms with Gasteiger partial charge in [0.1, 0.15) is 5.76 Å². The fourth-order valence-corrected chi connectivity index (χ4v) is 2.17. The predicted octanol–water partition coefficient (Wildman–Crippen LogP) is 4.40. The lowest BCUT2D eigenvalue weighted by Gasteiger charge is -2.08. The molecule has 0 aliphatic rings. The maximum absolute atomic E-state index is 5.58. The normalized spacial score (nSPS) is 11.2. The first-order valence-electron chi connectivity index (χ1n) is 7.09. The van der Waals surface area contributed by atoms with Crippen LogP contribution in [0.3, 0.4) is 0 Å². The maximum atomic E-state index is 5.58. The van der Waals surface area contributed by atoms with Crippen molar-refractivity contribution < 1.29 is 4.42 Å². The van der Waals surface area contributed by atoms with E-state index >= 15 is 0 Å². The van der Waals surface area contributed by atoms with Crippen molar-refractivity contribution in [2.24, 2.45) is 0 Å². The summed E-state index contributed by atoms with van der Waals surface area (Å²) in [5, 5.41) is 3.40. The van der Waals surface area contributed by atoms with Gasteiger partial charge in [0, 0.05) is 11.6 Å². The Labute approximate surface area is 115 Å². The van der Waals surface area contributed by atoms with Crippen molar-refractivity contribution in [3.05, 3.63) is 47.9 Å². The largest absolute Gasteiger partial charge is 0.467 e. The van der Waals surface area contributed by atoms with Gasteiger partial charge in [0.25, 0.3) is 0 Å². The molecule has 0 aliphatic carbocycles. The van der Waals surface area contributed by atoms with Gasteiger partial charge >= 0.3 is 0 Å². The van der Waals surface area contributed by atoms with Crippen molar-refractivity contribution in [3.63, 3.8) is 0 Å². The molecule has 0 radical (unpaired) electrons. The van der Waals surface area contributed by atoms with Gasteiger partial charge < -0.3 is 9.73 Å². The summed E-state index contributed by atoms with van der Waals surface area (Å²) in [6.07, 6.45) is 4.11. The van der Waals surface area contributed by atoms with E-state index in [4.69, 9.17) is 4.42 Å². The molecule has 0 aliphatic heterocycles. The first-order valence-corrected chi connectivity index (χ1v) is 7.09. The van der Waals surface area contributed by atoms with Gasteiger partial charge in [0.2, 0.25) is 0 Å². The van der Waals surface area contributed by atoms with E-state index in [2.05, 4.69) is 50.4 Å². The third-order valence-corrected chi connectivity index (χ3v) is 3.22. The Morgan fingerprint density at radius 3 is 2.47 bits per heavy atom. The number of furan rings is 1. The lowest BCUT2D eigenvalue weighted by molar-refractivity contribution is 0.466. The molecule has 1 aromatic carbocycles. The fraction of sp³-hybridized carbons (Fsp3) is 0.412. The summed E-state index contributed by atoms with van der Waals surface area (Å²) in [5.41, 5.74) is 3.82. The Balaban J connectivity index is 2.15. The number of nitrogens with one attached hydrogen (secondary N) is 1. The van der Waals surface area contributed by atoms with Gasteiger partial charge in [-0.15, -0.1) is 0 Å². The SMILES string of the molecule is CCCc1ccc(-c2ccoc2CNC(C)C)cc1. The number of hydrogen-bond acceptors (Lipinski definition) is 2. The molecular formula is C17H23NO. The van der Waals surface area contributed by atoms with Crippen molar-refractivity contribution in [3.8, 4) is 11.1 Å². The molecule has 0 spiro atoms. The van der Waals surface area contributed by atoms with Crippen LogP contribution in [0.25, 0.3) is 11.1 Å². The highest BCUT2D eigenvalue weighted by Gasteiger charge is 2.08. The van der Waals surface area contributed by atoms with Crippen molar-refractivity contribution in [2.75, 3.05) is 0 Å². The lowest BCUT2D eigenvalue weighted by atomic mass is 10.0. The van der Waals surface area contributed by atoms with E-state index in [0.29, 0.717) is 6.04 Å². The van der Waals surface area contributed by atoms with Gasteiger partial charge in [-0.3, -0.25) is 0 Å². The molecule has 2 aromatic rings. The lowest BCUT2D eigenvalue weighted by Crippen LogP contribution is -2.21. The van der Waals surface area contributed by atoms with E-state index in [1.807, 2.05) is 6.07 Å². The molecule has 0 saturated heterocycles. The van der Waals surface area contributed by atoms with Gasteiger partial charge in [-0.1, -0.05) is 51.5 Å². The molecule has 0 atom stereocenters. The summed E-state index contributed by atoms with van der Waals surface area (Å²) < 4.78 is 5.58. The van der Waals surface area contributed by atoms with Crippen molar-refractivity contribution >= 4 is 0 Å². The van der Waals surface area contributed by atoms with Crippen LogP contribution in [0.2, 0.25) is 0 Å². The summed E-state index contributed by atoms with van der Waals surface area (Å²) in [6, 6.07) is 11.3. The third kappa shape index (κ3) is 3.71. The predicted molar refractivity (Wildman–Crippen MR) is 80.1 cm³/mol. The molecule has 1 heterocycles. The molecule has 0 fully saturated rings. The average molecular weight is 257 g/mol. The first kappa shape index (κ1) is 13.9. The van der Waals surface area contributed by atoms with Gasteiger partial charge in [-0.05, 0) is 23.6 Å². The van der Waals surface area contributed by atoms with Crippen LogP contribution in [0.4, 0.5) is 0 Å². The average Bonchev–Trinajstić information content (AvgIpc) is 2.86. The second-order valence-electron chi connectivity index (χ2n) is 5.24. The van der Waals surface area contributed by atoms with Crippen LogP contribution >= 0.6 is 0 Å². The van der Waals surface area contributed by atoms with E-state index < -0.39 is 0 Å². The molecule has 19 heavy (non-hydrogen) atoms. The third-order valence-electron chi connectivity index (χ3n) is 3.22. The number of aryl methyl sites for hydroxylation is 1. The maximum Gasteiger partial charge on any atom is 0.125 e. The minimum absolute atomic E-state index is 0.463. The summed E-state index contributed by atoms with van der Waals surface area (Å²) in [4.78, 5) is 0. The van der Waals surface area contributed by atoms with Crippen molar-refractivity contribution in [2.45, 2.75) is 46.2 Å². The summed E-state index contributed by atoms with van der Waals surface area (Å²) in [6.45, 7) is 7.26. The fourth-order valence-electron chi connectivity index (χ4n) is 2.17. The molecule has 1 aromatic heterocycles. The standard InChI is InChI=1S/C17H23NO/c1-4-5-14-6-8-15(9-7-14)16-10-11-19-17(16)12-18-13(2)3/h6-11,13,18H,4-5,12H2,1-3H3. The minimum atomic E-state index is 0.463. The van der Waals surface area contributed by atoms with Crippen LogP contribution < -0.4 is 5.32 Å². The zero-order valence-corrected chi connectivity index (χ0v) is 12.1. The second-order valence-corrected chi connectivity index (χ2v) is 5.24. The summed E-state index contributed by atoms with van der Waals surface area (Å²) in [5.74, 6) is 1.01. The quantitative estimate of drug-likeness (QED) is 0.830. The number of benzene rings is 1. The molecule has 102 valence electrons. The zero-order valence-electron chi connectivity index (χ0n) is 12.1. The molecule has 2 heteroatoms. The van der Waals surface area contributed by atoms with Crippen LogP contribution in [0, 0.1) is 0 Å².